The number of aliphatic hydroxyl groups excluding tert-OH is 1. The third-order valence-electron chi connectivity index (χ3n) is 3.77. The van der Waals surface area contributed by atoms with Gasteiger partial charge in [-0.05, 0) is 48.8 Å². The fraction of sp³-hybridized carbons (Fsp3) is 0.611. The molecule has 1 aromatic carbocycles. The Hall–Kier alpha value is -1.35. The number of aliphatic hydroxyl groups is 1. The van der Waals surface area contributed by atoms with Crippen LogP contribution in [0.25, 0.3) is 0 Å². The molecule has 0 aliphatic heterocycles. The molecule has 0 aromatic heterocycles. The molecule has 0 aliphatic carbocycles. The summed E-state index contributed by atoms with van der Waals surface area (Å²) >= 11 is 0. The van der Waals surface area contributed by atoms with E-state index in [2.05, 4.69) is 26.1 Å². The third-order valence-corrected chi connectivity index (χ3v) is 3.77. The van der Waals surface area contributed by atoms with E-state index in [9.17, 15) is 4.79 Å². The van der Waals surface area contributed by atoms with Crippen LogP contribution in [0.1, 0.15) is 62.4 Å². The zero-order chi connectivity index (χ0) is 15.7. The van der Waals surface area contributed by atoms with Crippen molar-refractivity contribution < 1.29 is 9.90 Å². The molecular formula is C18H29NO2. The van der Waals surface area contributed by atoms with E-state index in [0.29, 0.717) is 12.1 Å². The highest BCUT2D eigenvalue weighted by Gasteiger charge is 2.18. The van der Waals surface area contributed by atoms with Crippen molar-refractivity contribution in [2.75, 3.05) is 13.2 Å². The number of unbranched alkanes of at least 4 members (excludes halogenated alkanes) is 1. The number of nitrogens with one attached hydrogen (secondary N) is 1. The van der Waals surface area contributed by atoms with E-state index in [0.717, 1.165) is 19.3 Å². The Morgan fingerprint density at radius 2 is 1.86 bits per heavy atom. The van der Waals surface area contributed by atoms with E-state index in [-0.39, 0.29) is 17.9 Å². The summed E-state index contributed by atoms with van der Waals surface area (Å²) in [6.07, 6.45) is 5.12. The fourth-order valence-electron chi connectivity index (χ4n) is 2.27. The second-order valence-electron chi connectivity index (χ2n) is 6.47. The summed E-state index contributed by atoms with van der Waals surface area (Å²) in [5.41, 5.74) is 2.02. The summed E-state index contributed by atoms with van der Waals surface area (Å²) in [6.45, 7) is 7.23. The van der Waals surface area contributed by atoms with Crippen LogP contribution in [0.4, 0.5) is 0 Å². The maximum Gasteiger partial charge on any atom is 0.251 e. The molecule has 0 saturated carbocycles. The van der Waals surface area contributed by atoms with Crippen molar-refractivity contribution in [2.24, 2.45) is 5.41 Å². The topological polar surface area (TPSA) is 49.3 Å². The Labute approximate surface area is 128 Å². The van der Waals surface area contributed by atoms with E-state index in [1.165, 1.54) is 18.4 Å². The maximum absolute atomic E-state index is 12.1. The van der Waals surface area contributed by atoms with Gasteiger partial charge in [0.05, 0.1) is 0 Å². The monoisotopic (exact) mass is 291 g/mol. The van der Waals surface area contributed by atoms with Gasteiger partial charge in [0, 0.05) is 18.7 Å². The van der Waals surface area contributed by atoms with Crippen LogP contribution in [0.3, 0.4) is 0 Å². The SMILES string of the molecule is CCCCc1ccc(C(=O)NCC(C)(C)CCCO)cc1. The van der Waals surface area contributed by atoms with E-state index in [1.54, 1.807) is 0 Å². The maximum atomic E-state index is 12.1. The minimum Gasteiger partial charge on any atom is -0.396 e. The molecule has 1 rings (SSSR count). The summed E-state index contributed by atoms with van der Waals surface area (Å²) in [5.74, 6) is -0.0193. The minimum absolute atomic E-state index is 0.0133. The Balaban J connectivity index is 2.48. The van der Waals surface area contributed by atoms with E-state index in [4.69, 9.17) is 5.11 Å². The molecule has 0 radical (unpaired) electrons. The predicted octanol–water partition coefficient (Wildman–Crippen LogP) is 3.56. The van der Waals surface area contributed by atoms with Gasteiger partial charge in [-0.3, -0.25) is 4.79 Å². The molecule has 0 saturated heterocycles. The van der Waals surface area contributed by atoms with Gasteiger partial charge in [-0.2, -0.15) is 0 Å². The molecule has 0 atom stereocenters. The lowest BCUT2D eigenvalue weighted by Crippen LogP contribution is -2.34. The summed E-state index contributed by atoms with van der Waals surface area (Å²) in [7, 11) is 0. The van der Waals surface area contributed by atoms with Gasteiger partial charge in [0.15, 0.2) is 0 Å². The number of aryl methyl sites for hydroxylation is 1. The van der Waals surface area contributed by atoms with Crippen molar-refractivity contribution in [3.63, 3.8) is 0 Å². The van der Waals surface area contributed by atoms with Gasteiger partial charge in [0.25, 0.3) is 5.91 Å². The van der Waals surface area contributed by atoms with Crippen LogP contribution in [0, 0.1) is 5.41 Å². The first-order valence-corrected chi connectivity index (χ1v) is 7.96. The molecule has 0 unspecified atom stereocenters. The number of benzene rings is 1. The number of hydrogen-bond donors (Lipinski definition) is 2. The van der Waals surface area contributed by atoms with Gasteiger partial charge in [-0.15, -0.1) is 0 Å². The number of rotatable bonds is 9. The molecule has 0 aliphatic rings. The van der Waals surface area contributed by atoms with Gasteiger partial charge < -0.3 is 10.4 Å². The molecule has 0 heterocycles. The molecule has 0 bridgehead atoms. The molecule has 1 aromatic rings. The Morgan fingerprint density at radius 3 is 2.43 bits per heavy atom. The second-order valence-corrected chi connectivity index (χ2v) is 6.47. The van der Waals surface area contributed by atoms with Crippen molar-refractivity contribution in [1.29, 1.82) is 0 Å². The molecule has 1 amide bonds. The number of hydrogen-bond acceptors (Lipinski definition) is 2. The predicted molar refractivity (Wildman–Crippen MR) is 87.5 cm³/mol. The average molecular weight is 291 g/mol. The second kappa shape index (κ2) is 8.83. The molecule has 0 fully saturated rings. The van der Waals surface area contributed by atoms with Crippen molar-refractivity contribution in [3.05, 3.63) is 35.4 Å². The lowest BCUT2D eigenvalue weighted by molar-refractivity contribution is 0.0933. The van der Waals surface area contributed by atoms with Gasteiger partial charge in [0.2, 0.25) is 0 Å². The van der Waals surface area contributed by atoms with Crippen LogP contribution < -0.4 is 5.32 Å². The lowest BCUT2D eigenvalue weighted by Gasteiger charge is -2.24. The normalized spacial score (nSPS) is 11.4. The molecule has 2 N–H and O–H groups in total. The molecular weight excluding hydrogens is 262 g/mol. The van der Waals surface area contributed by atoms with Crippen LogP contribution in [-0.2, 0) is 6.42 Å². The lowest BCUT2D eigenvalue weighted by atomic mass is 9.88. The summed E-state index contributed by atoms with van der Waals surface area (Å²) in [4.78, 5) is 12.1. The highest BCUT2D eigenvalue weighted by Crippen LogP contribution is 2.21. The quantitative estimate of drug-likeness (QED) is 0.731. The largest absolute Gasteiger partial charge is 0.396 e. The highest BCUT2D eigenvalue weighted by molar-refractivity contribution is 5.94. The van der Waals surface area contributed by atoms with Crippen molar-refractivity contribution in [1.82, 2.24) is 5.32 Å². The van der Waals surface area contributed by atoms with E-state index < -0.39 is 0 Å². The van der Waals surface area contributed by atoms with Crippen LogP contribution in [0.2, 0.25) is 0 Å². The van der Waals surface area contributed by atoms with Gasteiger partial charge >= 0.3 is 0 Å². The average Bonchev–Trinajstić information content (AvgIpc) is 2.49. The van der Waals surface area contributed by atoms with Crippen LogP contribution in [0.15, 0.2) is 24.3 Å². The zero-order valence-corrected chi connectivity index (χ0v) is 13.6. The fourth-order valence-corrected chi connectivity index (χ4v) is 2.27. The first-order chi connectivity index (χ1) is 9.98. The van der Waals surface area contributed by atoms with Crippen LogP contribution in [-0.4, -0.2) is 24.2 Å². The van der Waals surface area contributed by atoms with Gasteiger partial charge in [-0.1, -0.05) is 39.3 Å². The number of carbonyl (C=O) groups is 1. The molecule has 3 heteroatoms. The first-order valence-electron chi connectivity index (χ1n) is 7.96. The van der Waals surface area contributed by atoms with Crippen molar-refractivity contribution in [2.45, 2.75) is 52.9 Å². The molecule has 118 valence electrons. The molecule has 0 spiro atoms. The minimum atomic E-state index is -0.0193. The van der Waals surface area contributed by atoms with E-state index in [1.807, 2.05) is 24.3 Å². The molecule has 3 nitrogen and oxygen atoms in total. The third kappa shape index (κ3) is 6.76. The smallest absolute Gasteiger partial charge is 0.251 e. The summed E-state index contributed by atoms with van der Waals surface area (Å²) in [5, 5.41) is 11.9. The van der Waals surface area contributed by atoms with Gasteiger partial charge in [-0.25, -0.2) is 0 Å². The standard InChI is InChI=1S/C18H29NO2/c1-4-5-7-15-8-10-16(11-9-15)17(21)19-14-18(2,3)12-6-13-20/h8-11,20H,4-7,12-14H2,1-3H3,(H,19,21). The first kappa shape index (κ1) is 17.7. The molecule has 21 heavy (non-hydrogen) atoms. The van der Waals surface area contributed by atoms with Crippen molar-refractivity contribution >= 4 is 5.91 Å². The van der Waals surface area contributed by atoms with Crippen LogP contribution >= 0.6 is 0 Å². The van der Waals surface area contributed by atoms with Crippen molar-refractivity contribution in [3.8, 4) is 0 Å². The zero-order valence-electron chi connectivity index (χ0n) is 13.6. The Bertz CT molecular complexity index is 423. The van der Waals surface area contributed by atoms with Crippen LogP contribution in [0.5, 0.6) is 0 Å². The Morgan fingerprint density at radius 1 is 1.19 bits per heavy atom. The van der Waals surface area contributed by atoms with Gasteiger partial charge in [0.1, 0.15) is 0 Å². The Kier molecular flexibility index (Phi) is 7.44. The number of amides is 1. The summed E-state index contributed by atoms with van der Waals surface area (Å²) < 4.78 is 0. The highest BCUT2D eigenvalue weighted by atomic mass is 16.2. The van der Waals surface area contributed by atoms with E-state index >= 15 is 0 Å². The summed E-state index contributed by atoms with van der Waals surface area (Å²) in [6, 6.07) is 7.89. The number of carbonyl (C=O) groups excluding carboxylic acids is 1.